The number of halogens is 4. The Morgan fingerprint density at radius 1 is 1.18 bits per heavy atom. The third-order valence-corrected chi connectivity index (χ3v) is 7.18. The fraction of sp³-hybridized carbons (Fsp3) is 0.520. The van der Waals surface area contributed by atoms with E-state index in [4.69, 9.17) is 5.73 Å². The second-order valence-electron chi connectivity index (χ2n) is 9.69. The van der Waals surface area contributed by atoms with Crippen molar-refractivity contribution in [2.45, 2.75) is 57.7 Å². The summed E-state index contributed by atoms with van der Waals surface area (Å²) in [5.74, 6) is -4.00. The predicted octanol–water partition coefficient (Wildman–Crippen LogP) is 4.63. The number of nitrogens with zero attached hydrogens (tertiary/aromatic N) is 2. The Balaban J connectivity index is 2.04. The van der Waals surface area contributed by atoms with Gasteiger partial charge in [0.2, 0.25) is 5.91 Å². The zero-order chi connectivity index (χ0) is 25.4. The van der Waals surface area contributed by atoms with Crippen LogP contribution in [0.25, 0.3) is 0 Å². The van der Waals surface area contributed by atoms with Crippen molar-refractivity contribution in [2.24, 2.45) is 17.1 Å². The smallest absolute Gasteiger partial charge is 0.395 e. The van der Waals surface area contributed by atoms with Crippen LogP contribution in [0.2, 0.25) is 0 Å². The lowest BCUT2D eigenvalue weighted by atomic mass is 9.71. The number of amides is 1. The van der Waals surface area contributed by atoms with Gasteiger partial charge in [-0.15, -0.1) is 0 Å². The number of nitrogens with two attached hydrogens (primary N) is 1. The van der Waals surface area contributed by atoms with E-state index < -0.39 is 35.2 Å². The van der Waals surface area contributed by atoms with Gasteiger partial charge in [0.1, 0.15) is 11.6 Å². The Hall–Kier alpha value is -2.68. The lowest BCUT2D eigenvalue weighted by molar-refractivity contribution is -0.198. The molecule has 0 saturated heterocycles. The molecule has 1 aromatic heterocycles. The summed E-state index contributed by atoms with van der Waals surface area (Å²) in [7, 11) is 3.59. The first-order chi connectivity index (χ1) is 15.8. The topological polar surface area (TPSA) is 79.5 Å². The number of primary amides is 1. The highest BCUT2D eigenvalue weighted by molar-refractivity contribution is 5.78. The van der Waals surface area contributed by atoms with Crippen LogP contribution in [-0.4, -0.2) is 47.2 Å². The van der Waals surface area contributed by atoms with Gasteiger partial charge in [0.05, 0.1) is 11.6 Å². The average Bonchev–Trinajstić information content (AvgIpc) is 3.50. The standard InChI is InChI=1S/C25H31F4N3O2/c1-14-7-19(33)8-15(2)20(14)10-18(32(3)4)11-21(23(30)34)22(16-9-17(26)13-31-12-16)24(5-6-24)25(27,28)29/h7-9,12-13,18,21-22,33H,5-6,10-11H2,1-4H3,(H2,30,34)/t18-,21?,22?/m1/s1. The van der Waals surface area contributed by atoms with Crippen molar-refractivity contribution in [1.29, 1.82) is 0 Å². The summed E-state index contributed by atoms with van der Waals surface area (Å²) in [6.07, 6.45) is -2.24. The molecule has 2 aromatic rings. The number of aromatic hydroxyl groups is 1. The second-order valence-corrected chi connectivity index (χ2v) is 9.69. The highest BCUT2D eigenvalue weighted by atomic mass is 19.4. The Labute approximate surface area is 197 Å². The normalized spacial score (nSPS) is 17.9. The predicted molar refractivity (Wildman–Crippen MR) is 121 cm³/mol. The largest absolute Gasteiger partial charge is 0.508 e. The van der Waals surface area contributed by atoms with Crippen LogP contribution in [0.15, 0.2) is 30.6 Å². The van der Waals surface area contributed by atoms with Crippen LogP contribution >= 0.6 is 0 Å². The summed E-state index contributed by atoms with van der Waals surface area (Å²) < 4.78 is 56.7. The minimum absolute atomic E-state index is 0.0353. The van der Waals surface area contributed by atoms with Gasteiger partial charge in [-0.2, -0.15) is 13.2 Å². The number of hydrogen-bond acceptors (Lipinski definition) is 4. The molecule has 1 saturated carbocycles. The Bertz CT molecular complexity index is 1030. The molecule has 34 heavy (non-hydrogen) atoms. The van der Waals surface area contributed by atoms with Gasteiger partial charge in [0.25, 0.3) is 0 Å². The summed E-state index contributed by atoms with van der Waals surface area (Å²) in [6, 6.07) is 3.96. The fourth-order valence-corrected chi connectivity index (χ4v) is 5.15. The Morgan fingerprint density at radius 3 is 2.21 bits per heavy atom. The highest BCUT2D eigenvalue weighted by Crippen LogP contribution is 2.67. The van der Waals surface area contributed by atoms with Crippen molar-refractivity contribution in [1.82, 2.24) is 9.88 Å². The molecule has 186 valence electrons. The molecule has 3 N–H and O–H groups in total. The number of alkyl halides is 3. The van der Waals surface area contributed by atoms with Gasteiger partial charge < -0.3 is 15.7 Å². The minimum Gasteiger partial charge on any atom is -0.508 e. The average molecular weight is 482 g/mol. The molecule has 9 heteroatoms. The van der Waals surface area contributed by atoms with E-state index >= 15 is 0 Å². The van der Waals surface area contributed by atoms with E-state index in [2.05, 4.69) is 4.98 Å². The second kappa shape index (κ2) is 9.52. The maximum atomic E-state index is 14.2. The number of aryl methyl sites for hydroxylation is 2. The molecular formula is C25H31F4N3O2. The van der Waals surface area contributed by atoms with Crippen LogP contribution in [0.3, 0.4) is 0 Å². The number of pyridine rings is 1. The van der Waals surface area contributed by atoms with Crippen LogP contribution < -0.4 is 5.73 Å². The quantitative estimate of drug-likeness (QED) is 0.512. The van der Waals surface area contributed by atoms with E-state index in [1.807, 2.05) is 18.7 Å². The van der Waals surface area contributed by atoms with Crippen LogP contribution in [0.5, 0.6) is 5.75 Å². The van der Waals surface area contributed by atoms with E-state index in [1.54, 1.807) is 26.2 Å². The van der Waals surface area contributed by atoms with E-state index in [-0.39, 0.29) is 36.6 Å². The highest BCUT2D eigenvalue weighted by Gasteiger charge is 2.69. The summed E-state index contributed by atoms with van der Waals surface area (Å²) in [5.41, 5.74) is 6.27. The molecule has 1 aromatic carbocycles. The number of carbonyl (C=O) groups excluding carboxylic acids is 1. The first-order valence-corrected chi connectivity index (χ1v) is 11.2. The lowest BCUT2D eigenvalue weighted by Gasteiger charge is -2.37. The van der Waals surface area contributed by atoms with Crippen molar-refractivity contribution in [3.05, 3.63) is 58.7 Å². The summed E-state index contributed by atoms with van der Waals surface area (Å²) in [5, 5.41) is 9.86. The molecule has 0 radical (unpaired) electrons. The molecule has 0 aliphatic heterocycles. The summed E-state index contributed by atoms with van der Waals surface area (Å²) >= 11 is 0. The molecule has 3 rings (SSSR count). The van der Waals surface area contributed by atoms with Gasteiger partial charge in [-0.05, 0) is 94.1 Å². The lowest BCUT2D eigenvalue weighted by Crippen LogP contribution is -2.44. The molecular weight excluding hydrogens is 450 g/mol. The number of carbonyl (C=O) groups is 1. The van der Waals surface area contributed by atoms with E-state index in [0.29, 0.717) is 6.42 Å². The van der Waals surface area contributed by atoms with Gasteiger partial charge in [-0.1, -0.05) is 0 Å². The van der Waals surface area contributed by atoms with E-state index in [0.717, 1.165) is 29.0 Å². The molecule has 1 aliphatic rings. The van der Waals surface area contributed by atoms with Crippen molar-refractivity contribution in [2.75, 3.05) is 14.1 Å². The Kier molecular flexibility index (Phi) is 7.26. The summed E-state index contributed by atoms with van der Waals surface area (Å²) in [6.45, 7) is 3.70. The van der Waals surface area contributed by atoms with E-state index in [9.17, 15) is 27.5 Å². The molecule has 5 nitrogen and oxygen atoms in total. The number of hydrogen-bond donors (Lipinski definition) is 2. The molecule has 1 heterocycles. The van der Waals surface area contributed by atoms with Crippen LogP contribution in [0.1, 0.15) is 47.4 Å². The van der Waals surface area contributed by atoms with Crippen molar-refractivity contribution < 1.29 is 27.5 Å². The molecule has 1 amide bonds. The van der Waals surface area contributed by atoms with Crippen LogP contribution in [-0.2, 0) is 11.2 Å². The number of phenols is 1. The van der Waals surface area contributed by atoms with Gasteiger partial charge in [-0.3, -0.25) is 9.78 Å². The maximum absolute atomic E-state index is 14.2. The maximum Gasteiger partial charge on any atom is 0.395 e. The molecule has 0 bridgehead atoms. The number of likely N-dealkylation sites (N-methyl/N-ethyl adjacent to an activating group) is 1. The first kappa shape index (κ1) is 25.9. The van der Waals surface area contributed by atoms with Crippen molar-refractivity contribution in [3.8, 4) is 5.75 Å². The number of aromatic nitrogens is 1. The van der Waals surface area contributed by atoms with Crippen molar-refractivity contribution >= 4 is 5.91 Å². The van der Waals surface area contributed by atoms with E-state index in [1.165, 1.54) is 6.20 Å². The monoisotopic (exact) mass is 481 g/mol. The third kappa shape index (κ3) is 5.19. The number of benzene rings is 1. The van der Waals surface area contributed by atoms with Crippen molar-refractivity contribution in [3.63, 3.8) is 0 Å². The SMILES string of the molecule is Cc1cc(O)cc(C)c1C[C@H](CC(C(N)=O)C(c1cncc(F)c1)C1(C(F)(F)F)CC1)N(C)C. The number of rotatable bonds is 9. The minimum atomic E-state index is -4.57. The van der Waals surface area contributed by atoms with Gasteiger partial charge in [-0.25, -0.2) is 4.39 Å². The molecule has 1 aliphatic carbocycles. The third-order valence-electron chi connectivity index (χ3n) is 7.18. The zero-order valence-corrected chi connectivity index (χ0v) is 19.8. The summed E-state index contributed by atoms with van der Waals surface area (Å²) in [4.78, 5) is 18.3. The van der Waals surface area contributed by atoms with Crippen LogP contribution in [0, 0.1) is 31.0 Å². The van der Waals surface area contributed by atoms with Crippen LogP contribution in [0.4, 0.5) is 17.6 Å². The molecule has 2 unspecified atom stereocenters. The molecule has 3 atom stereocenters. The zero-order valence-electron chi connectivity index (χ0n) is 19.8. The van der Waals surface area contributed by atoms with Gasteiger partial charge in [0.15, 0.2) is 0 Å². The molecule has 1 fully saturated rings. The number of phenolic OH excluding ortho intramolecular Hbond substituents is 1. The Morgan fingerprint density at radius 2 is 1.76 bits per heavy atom. The molecule has 0 spiro atoms. The first-order valence-electron chi connectivity index (χ1n) is 11.2. The fourth-order valence-electron chi connectivity index (χ4n) is 5.15. The van der Waals surface area contributed by atoms with Gasteiger partial charge >= 0.3 is 6.18 Å². The van der Waals surface area contributed by atoms with Gasteiger partial charge in [0, 0.05) is 24.1 Å².